The number of rotatable bonds is 5. The zero-order valence-electron chi connectivity index (χ0n) is 19.0. The first-order valence-electron chi connectivity index (χ1n) is 10.5. The number of nitrogens with zero attached hydrogens (tertiary/aromatic N) is 1. The minimum atomic E-state index is -0.855. The van der Waals surface area contributed by atoms with Crippen molar-refractivity contribution in [2.24, 2.45) is 0 Å². The van der Waals surface area contributed by atoms with Crippen molar-refractivity contribution < 1.29 is 24.2 Å². The summed E-state index contributed by atoms with van der Waals surface area (Å²) in [6, 6.07) is 18.8. The maximum absolute atomic E-state index is 13.3. The molecule has 0 aliphatic carbocycles. The number of ether oxygens (including phenoxy) is 2. The van der Waals surface area contributed by atoms with Crippen molar-refractivity contribution in [1.82, 2.24) is 0 Å². The molecule has 0 radical (unpaired) electrons. The van der Waals surface area contributed by atoms with Gasteiger partial charge in [-0.05, 0) is 55.8 Å². The van der Waals surface area contributed by atoms with Crippen LogP contribution >= 0.6 is 0 Å². The molecule has 1 atom stereocenters. The molecule has 33 heavy (non-hydrogen) atoms. The predicted molar refractivity (Wildman–Crippen MR) is 127 cm³/mol. The molecular formula is C27H25NO5. The molecule has 1 aliphatic rings. The molecule has 1 N–H and O–H groups in total. The summed E-state index contributed by atoms with van der Waals surface area (Å²) in [6.45, 7) is 3.79. The highest BCUT2D eigenvalue weighted by Gasteiger charge is 2.47. The summed E-state index contributed by atoms with van der Waals surface area (Å²) >= 11 is 0. The fraction of sp³-hybridized carbons (Fsp3) is 0.185. The number of methoxy groups -OCH3 is 2. The van der Waals surface area contributed by atoms with Crippen LogP contribution in [0.2, 0.25) is 0 Å². The summed E-state index contributed by atoms with van der Waals surface area (Å²) in [4.78, 5) is 28.0. The normalized spacial score (nSPS) is 17.3. The number of ketones is 1. The van der Waals surface area contributed by atoms with E-state index in [0.29, 0.717) is 28.3 Å². The van der Waals surface area contributed by atoms with E-state index in [1.165, 1.54) is 12.0 Å². The van der Waals surface area contributed by atoms with E-state index in [2.05, 4.69) is 0 Å². The van der Waals surface area contributed by atoms with Crippen molar-refractivity contribution in [2.45, 2.75) is 19.9 Å². The Kier molecular flexibility index (Phi) is 5.92. The van der Waals surface area contributed by atoms with Crippen molar-refractivity contribution in [1.29, 1.82) is 0 Å². The van der Waals surface area contributed by atoms with Crippen molar-refractivity contribution in [2.75, 3.05) is 19.1 Å². The van der Waals surface area contributed by atoms with E-state index >= 15 is 0 Å². The molecule has 0 bridgehead atoms. The smallest absolute Gasteiger partial charge is 0.300 e. The van der Waals surface area contributed by atoms with Gasteiger partial charge in [-0.15, -0.1) is 0 Å². The minimum absolute atomic E-state index is 0.00893. The standard InChI is InChI=1S/C27H25NO5/c1-16-9-12-19(13-10-16)28-24(20-7-5-6-8-22(20)33-4)23(26(30)27(28)31)25(29)18-11-14-21(32-3)17(2)15-18/h5-15,24,29H,1-4H3/b25-23+. The Balaban J connectivity index is 1.97. The molecule has 4 rings (SSSR count). The number of amides is 1. The Labute approximate surface area is 192 Å². The second-order valence-corrected chi connectivity index (χ2v) is 7.93. The maximum Gasteiger partial charge on any atom is 0.300 e. The zero-order chi connectivity index (χ0) is 23.7. The molecule has 0 saturated carbocycles. The number of aliphatic hydroxyl groups is 1. The van der Waals surface area contributed by atoms with Crippen LogP contribution in [0.5, 0.6) is 11.5 Å². The van der Waals surface area contributed by atoms with Gasteiger partial charge in [0.2, 0.25) is 0 Å². The van der Waals surface area contributed by atoms with E-state index in [1.54, 1.807) is 49.6 Å². The molecule has 1 amide bonds. The van der Waals surface area contributed by atoms with Crippen molar-refractivity contribution in [3.8, 4) is 11.5 Å². The van der Waals surface area contributed by atoms with Gasteiger partial charge in [-0.2, -0.15) is 0 Å². The first-order chi connectivity index (χ1) is 15.9. The monoisotopic (exact) mass is 443 g/mol. The van der Waals surface area contributed by atoms with E-state index in [1.807, 2.05) is 38.1 Å². The van der Waals surface area contributed by atoms with Crippen LogP contribution in [0.15, 0.2) is 72.3 Å². The molecule has 0 aromatic heterocycles. The van der Waals surface area contributed by atoms with Crippen LogP contribution in [-0.4, -0.2) is 31.0 Å². The largest absolute Gasteiger partial charge is 0.507 e. The Morgan fingerprint density at radius 2 is 1.55 bits per heavy atom. The lowest BCUT2D eigenvalue weighted by atomic mass is 9.94. The SMILES string of the molecule is COc1ccc(/C(O)=C2\C(=O)C(=O)N(c3ccc(C)cc3)C2c2ccccc2OC)cc1C. The Morgan fingerprint density at radius 1 is 0.879 bits per heavy atom. The Morgan fingerprint density at radius 3 is 2.18 bits per heavy atom. The van der Waals surface area contributed by atoms with Gasteiger partial charge >= 0.3 is 0 Å². The number of aryl methyl sites for hydroxylation is 2. The first-order valence-corrected chi connectivity index (χ1v) is 10.5. The van der Waals surface area contributed by atoms with E-state index in [0.717, 1.165) is 11.1 Å². The lowest BCUT2D eigenvalue weighted by Crippen LogP contribution is -2.29. The molecule has 3 aromatic rings. The van der Waals surface area contributed by atoms with Crippen molar-refractivity contribution in [3.63, 3.8) is 0 Å². The summed E-state index contributed by atoms with van der Waals surface area (Å²) in [6.07, 6.45) is 0. The third kappa shape index (κ3) is 3.84. The Bertz CT molecular complexity index is 1260. The van der Waals surface area contributed by atoms with Crippen LogP contribution < -0.4 is 14.4 Å². The van der Waals surface area contributed by atoms with E-state index in [-0.39, 0.29) is 11.3 Å². The predicted octanol–water partition coefficient (Wildman–Crippen LogP) is 4.95. The van der Waals surface area contributed by atoms with Gasteiger partial charge in [-0.3, -0.25) is 14.5 Å². The number of aliphatic hydroxyl groups excluding tert-OH is 1. The molecule has 3 aromatic carbocycles. The van der Waals surface area contributed by atoms with E-state index < -0.39 is 17.7 Å². The average molecular weight is 443 g/mol. The van der Waals surface area contributed by atoms with E-state index in [9.17, 15) is 14.7 Å². The molecular weight excluding hydrogens is 418 g/mol. The number of anilines is 1. The summed E-state index contributed by atoms with van der Waals surface area (Å²) in [5.41, 5.74) is 3.42. The second-order valence-electron chi connectivity index (χ2n) is 7.93. The van der Waals surface area contributed by atoms with Crippen LogP contribution in [0.4, 0.5) is 5.69 Å². The van der Waals surface area contributed by atoms with Gasteiger partial charge in [0.05, 0.1) is 25.8 Å². The van der Waals surface area contributed by atoms with Gasteiger partial charge in [0, 0.05) is 16.8 Å². The molecule has 168 valence electrons. The zero-order valence-corrected chi connectivity index (χ0v) is 19.0. The fourth-order valence-electron chi connectivity index (χ4n) is 4.17. The molecule has 1 unspecified atom stereocenters. The van der Waals surface area contributed by atoms with Gasteiger partial charge in [0.15, 0.2) is 0 Å². The highest BCUT2D eigenvalue weighted by Crippen LogP contribution is 2.45. The number of Topliss-reactive ketones (excluding diaryl/α,β-unsaturated/α-hetero) is 1. The molecule has 0 spiro atoms. The van der Waals surface area contributed by atoms with Crippen LogP contribution in [0.1, 0.15) is 28.3 Å². The van der Waals surface area contributed by atoms with Crippen LogP contribution in [-0.2, 0) is 9.59 Å². The molecule has 1 aliphatic heterocycles. The maximum atomic E-state index is 13.3. The van der Waals surface area contributed by atoms with Gasteiger partial charge in [0.25, 0.3) is 11.7 Å². The van der Waals surface area contributed by atoms with Crippen LogP contribution in [0, 0.1) is 13.8 Å². The number of hydrogen-bond donors (Lipinski definition) is 1. The third-order valence-corrected chi connectivity index (χ3v) is 5.86. The summed E-state index contributed by atoms with van der Waals surface area (Å²) in [5, 5.41) is 11.3. The van der Waals surface area contributed by atoms with Gasteiger partial charge < -0.3 is 14.6 Å². The molecule has 6 nitrogen and oxygen atoms in total. The van der Waals surface area contributed by atoms with E-state index in [4.69, 9.17) is 9.47 Å². The highest BCUT2D eigenvalue weighted by molar-refractivity contribution is 6.51. The molecule has 6 heteroatoms. The first kappa shape index (κ1) is 22.1. The summed E-state index contributed by atoms with van der Waals surface area (Å²) in [5.74, 6) is -0.533. The molecule has 1 saturated heterocycles. The van der Waals surface area contributed by atoms with Crippen LogP contribution in [0.25, 0.3) is 5.76 Å². The number of benzene rings is 3. The number of carbonyl (C=O) groups excluding carboxylic acids is 2. The van der Waals surface area contributed by atoms with Gasteiger partial charge in [0.1, 0.15) is 17.3 Å². The number of carbonyl (C=O) groups is 2. The number of para-hydroxylation sites is 1. The van der Waals surface area contributed by atoms with Crippen molar-refractivity contribution >= 4 is 23.1 Å². The minimum Gasteiger partial charge on any atom is -0.507 e. The fourth-order valence-corrected chi connectivity index (χ4v) is 4.17. The van der Waals surface area contributed by atoms with Gasteiger partial charge in [-0.25, -0.2) is 0 Å². The Hall–Kier alpha value is -4.06. The highest BCUT2D eigenvalue weighted by atomic mass is 16.5. The lowest BCUT2D eigenvalue weighted by Gasteiger charge is -2.26. The number of hydrogen-bond acceptors (Lipinski definition) is 5. The van der Waals surface area contributed by atoms with Crippen molar-refractivity contribution in [3.05, 3.63) is 94.6 Å². The molecule has 1 heterocycles. The topological polar surface area (TPSA) is 76.1 Å². The van der Waals surface area contributed by atoms with Gasteiger partial charge in [-0.1, -0.05) is 35.9 Å². The second kappa shape index (κ2) is 8.82. The molecule has 1 fully saturated rings. The quantitative estimate of drug-likeness (QED) is 0.343. The third-order valence-electron chi connectivity index (χ3n) is 5.86. The lowest BCUT2D eigenvalue weighted by molar-refractivity contribution is -0.132. The summed E-state index contributed by atoms with van der Waals surface area (Å²) in [7, 11) is 3.10. The van der Waals surface area contributed by atoms with Crippen LogP contribution in [0.3, 0.4) is 0 Å². The average Bonchev–Trinajstić information content (AvgIpc) is 3.09. The summed E-state index contributed by atoms with van der Waals surface area (Å²) < 4.78 is 10.8.